The zero-order chi connectivity index (χ0) is 34.7. The maximum Gasteiger partial charge on any atom is 0.254 e. The van der Waals surface area contributed by atoms with Crippen molar-refractivity contribution in [2.75, 3.05) is 65.7 Å². The standard InChI is InChI=1S/C36H45N9O5/c1-24(38-23-32(46)45-10-2-3-29(45)22-37)21-36(35-39-41-42-40-35)30-8-6-27(33(47)43-11-15-49-16-12-43)19-25(30)4-5-26-20-28(7-9-31(26)36)34(48)44-13-17-50-18-14-44/h6,8,19-20,24,29,38H,2-5,7,9-18,21,23H2,1H3,(H,39,40,41,42)/t24-,29-,36?/m0/s1. The van der Waals surface area contributed by atoms with Crippen molar-refractivity contribution in [2.24, 2.45) is 0 Å². The molecule has 3 aliphatic heterocycles. The van der Waals surface area contributed by atoms with Crippen LogP contribution in [0.15, 0.2) is 41.0 Å². The third kappa shape index (κ3) is 6.57. The number of carbonyl (C=O) groups is 3. The minimum Gasteiger partial charge on any atom is -0.378 e. The molecular formula is C36H45N9O5. The van der Waals surface area contributed by atoms with Gasteiger partial charge in [0.15, 0.2) is 5.82 Å². The van der Waals surface area contributed by atoms with Crippen molar-refractivity contribution in [3.8, 4) is 6.07 Å². The van der Waals surface area contributed by atoms with Gasteiger partial charge in [-0.15, -0.1) is 10.2 Å². The fourth-order valence-corrected chi connectivity index (χ4v) is 8.39. The maximum absolute atomic E-state index is 13.7. The lowest BCUT2D eigenvalue weighted by Crippen LogP contribution is -2.46. The molecule has 1 aromatic carbocycles. The number of hydrogen-bond acceptors (Lipinski definition) is 10. The fraction of sp³-hybridized carbons (Fsp3) is 0.583. The number of hydrogen-bond donors (Lipinski definition) is 2. The molecule has 7 rings (SSSR count). The number of benzene rings is 1. The summed E-state index contributed by atoms with van der Waals surface area (Å²) in [5.74, 6) is 0.457. The molecule has 4 heterocycles. The molecule has 1 aromatic heterocycles. The second-order valence-corrected chi connectivity index (χ2v) is 13.9. The maximum atomic E-state index is 13.7. The van der Waals surface area contributed by atoms with Crippen LogP contribution in [0.5, 0.6) is 0 Å². The number of nitriles is 1. The second-order valence-electron chi connectivity index (χ2n) is 13.9. The van der Waals surface area contributed by atoms with Crippen molar-refractivity contribution in [1.29, 1.82) is 5.26 Å². The molecule has 0 saturated carbocycles. The molecule has 5 aliphatic rings. The summed E-state index contributed by atoms with van der Waals surface area (Å²) in [4.78, 5) is 46.0. The first-order valence-corrected chi connectivity index (χ1v) is 17.9. The first kappa shape index (κ1) is 34.0. The quantitative estimate of drug-likeness (QED) is 0.417. The van der Waals surface area contributed by atoms with Gasteiger partial charge in [0, 0.05) is 49.9 Å². The Bertz CT molecular complexity index is 1700. The number of rotatable bonds is 8. The van der Waals surface area contributed by atoms with Gasteiger partial charge in [0.1, 0.15) is 6.04 Å². The molecular weight excluding hydrogens is 638 g/mol. The Morgan fingerprint density at radius 3 is 2.46 bits per heavy atom. The average Bonchev–Trinajstić information content (AvgIpc) is 3.87. The van der Waals surface area contributed by atoms with E-state index in [9.17, 15) is 19.6 Å². The minimum absolute atomic E-state index is 0.0207. The Kier molecular flexibility index (Phi) is 10.1. The molecule has 2 aromatic rings. The van der Waals surface area contributed by atoms with Crippen LogP contribution in [0.4, 0.5) is 0 Å². The first-order valence-electron chi connectivity index (χ1n) is 17.9. The number of allylic oxidation sites excluding steroid dienone is 3. The molecule has 3 saturated heterocycles. The van der Waals surface area contributed by atoms with Crippen molar-refractivity contribution >= 4 is 17.7 Å². The number of ether oxygens (including phenoxy) is 2. The molecule has 1 unspecified atom stereocenters. The van der Waals surface area contributed by atoms with E-state index in [2.05, 4.69) is 38.1 Å². The molecule has 2 aliphatic carbocycles. The van der Waals surface area contributed by atoms with Gasteiger partial charge < -0.3 is 29.5 Å². The number of tetrazole rings is 1. The van der Waals surface area contributed by atoms with Gasteiger partial charge >= 0.3 is 0 Å². The van der Waals surface area contributed by atoms with Gasteiger partial charge in [-0.05, 0) is 86.3 Å². The molecule has 264 valence electrons. The topological polar surface area (TPSA) is 170 Å². The highest BCUT2D eigenvalue weighted by atomic mass is 16.5. The summed E-state index contributed by atoms with van der Waals surface area (Å²) in [7, 11) is 0. The largest absolute Gasteiger partial charge is 0.378 e. The SMILES string of the molecule is C[C@@H](CC1(c2nn[nH]n2)C2=C(C=C(C(=O)N3CCOCC3)CC2)CCc2cc(C(=O)N3CCOCC3)ccc21)NCC(=O)N1CCC[C@H]1C#N. The fourth-order valence-electron chi connectivity index (χ4n) is 8.39. The number of likely N-dealkylation sites (tertiary alicyclic amines) is 1. The number of aryl methyl sites for hydroxylation is 1. The summed E-state index contributed by atoms with van der Waals surface area (Å²) in [6, 6.07) is 7.66. The molecule has 3 fully saturated rings. The van der Waals surface area contributed by atoms with Gasteiger partial charge in [-0.1, -0.05) is 17.4 Å². The first-order chi connectivity index (χ1) is 24.4. The average molecular weight is 684 g/mol. The van der Waals surface area contributed by atoms with E-state index in [1.807, 2.05) is 34.9 Å². The summed E-state index contributed by atoms with van der Waals surface area (Å²) in [6.45, 7) is 7.13. The van der Waals surface area contributed by atoms with Gasteiger partial charge in [-0.25, -0.2) is 0 Å². The normalized spacial score (nSPS) is 24.5. The molecule has 2 N–H and O–H groups in total. The highest BCUT2D eigenvalue weighted by molar-refractivity contribution is 5.95. The predicted octanol–water partition coefficient (Wildman–Crippen LogP) is 1.66. The van der Waals surface area contributed by atoms with E-state index in [0.717, 1.165) is 34.3 Å². The van der Waals surface area contributed by atoms with Crippen LogP contribution in [-0.2, 0) is 30.9 Å². The third-order valence-corrected chi connectivity index (χ3v) is 10.9. The van der Waals surface area contributed by atoms with E-state index in [4.69, 9.17) is 9.47 Å². The van der Waals surface area contributed by atoms with Crippen LogP contribution in [0.2, 0.25) is 0 Å². The number of morpholine rings is 2. The van der Waals surface area contributed by atoms with Gasteiger partial charge in [-0.3, -0.25) is 14.4 Å². The third-order valence-electron chi connectivity index (χ3n) is 10.9. The van der Waals surface area contributed by atoms with E-state index in [1.165, 1.54) is 0 Å². The molecule has 3 atom stereocenters. The lowest BCUT2D eigenvalue weighted by molar-refractivity contribution is -0.131. The number of fused-ring (bicyclic) bond motifs is 1. The number of aromatic nitrogens is 4. The minimum atomic E-state index is -0.850. The number of aromatic amines is 1. The van der Waals surface area contributed by atoms with Gasteiger partial charge in [0.05, 0.1) is 44.5 Å². The van der Waals surface area contributed by atoms with E-state index in [0.29, 0.717) is 109 Å². The van der Waals surface area contributed by atoms with Crippen LogP contribution >= 0.6 is 0 Å². The Labute approximate surface area is 291 Å². The zero-order valence-electron chi connectivity index (χ0n) is 28.7. The van der Waals surface area contributed by atoms with Crippen LogP contribution in [0, 0.1) is 11.3 Å². The molecule has 0 radical (unpaired) electrons. The zero-order valence-corrected chi connectivity index (χ0v) is 28.7. The Hall–Kier alpha value is -4.45. The Morgan fingerprint density at radius 2 is 1.76 bits per heavy atom. The summed E-state index contributed by atoms with van der Waals surface area (Å²) >= 11 is 0. The molecule has 50 heavy (non-hydrogen) atoms. The Balaban J connectivity index is 1.27. The molecule has 14 heteroatoms. The second kappa shape index (κ2) is 14.8. The van der Waals surface area contributed by atoms with E-state index in [-0.39, 0.29) is 36.3 Å². The summed E-state index contributed by atoms with van der Waals surface area (Å²) < 4.78 is 11.0. The highest BCUT2D eigenvalue weighted by Gasteiger charge is 2.47. The van der Waals surface area contributed by atoms with Crippen molar-refractivity contribution in [2.45, 2.75) is 69.4 Å². The number of nitrogens with one attached hydrogen (secondary N) is 2. The van der Waals surface area contributed by atoms with E-state index < -0.39 is 5.41 Å². The monoisotopic (exact) mass is 683 g/mol. The van der Waals surface area contributed by atoms with Crippen LogP contribution < -0.4 is 5.32 Å². The van der Waals surface area contributed by atoms with Gasteiger partial charge in [0.2, 0.25) is 11.8 Å². The number of amides is 3. The molecule has 0 spiro atoms. The van der Waals surface area contributed by atoms with Crippen molar-refractivity contribution in [1.82, 2.24) is 40.6 Å². The lowest BCUT2D eigenvalue weighted by atomic mass is 9.65. The van der Waals surface area contributed by atoms with Crippen molar-refractivity contribution in [3.05, 3.63) is 63.5 Å². The Morgan fingerprint density at radius 1 is 1.02 bits per heavy atom. The number of H-pyrrole nitrogens is 1. The van der Waals surface area contributed by atoms with Gasteiger partial charge in [-0.2, -0.15) is 10.5 Å². The van der Waals surface area contributed by atoms with Crippen molar-refractivity contribution < 1.29 is 23.9 Å². The summed E-state index contributed by atoms with van der Waals surface area (Å²) in [6.07, 6.45) is 6.66. The predicted molar refractivity (Wildman–Crippen MR) is 181 cm³/mol. The van der Waals surface area contributed by atoms with Crippen LogP contribution in [0.1, 0.15) is 72.8 Å². The smallest absolute Gasteiger partial charge is 0.254 e. The number of nitrogens with zero attached hydrogens (tertiary/aromatic N) is 7. The molecule has 3 amide bonds. The summed E-state index contributed by atoms with van der Waals surface area (Å²) in [5.41, 5.74) is 4.80. The van der Waals surface area contributed by atoms with Crippen LogP contribution in [0.3, 0.4) is 0 Å². The lowest BCUT2D eigenvalue weighted by Gasteiger charge is -2.39. The van der Waals surface area contributed by atoms with Crippen LogP contribution in [0.25, 0.3) is 0 Å². The van der Waals surface area contributed by atoms with Crippen LogP contribution in [-0.4, -0.2) is 131 Å². The van der Waals surface area contributed by atoms with E-state index >= 15 is 0 Å². The van der Waals surface area contributed by atoms with Crippen molar-refractivity contribution in [3.63, 3.8) is 0 Å². The number of carbonyl (C=O) groups excluding carboxylic acids is 3. The van der Waals surface area contributed by atoms with E-state index in [1.54, 1.807) is 4.90 Å². The molecule has 0 bridgehead atoms. The summed E-state index contributed by atoms with van der Waals surface area (Å²) in [5, 5.41) is 28.9. The molecule has 14 nitrogen and oxygen atoms in total. The highest BCUT2D eigenvalue weighted by Crippen LogP contribution is 2.51. The van der Waals surface area contributed by atoms with Gasteiger partial charge in [0.25, 0.3) is 5.91 Å².